The molecular formula is C19H26O2. The van der Waals surface area contributed by atoms with Crippen molar-refractivity contribution in [1.82, 2.24) is 0 Å². The van der Waals surface area contributed by atoms with E-state index in [2.05, 4.69) is 13.8 Å². The van der Waals surface area contributed by atoms with Gasteiger partial charge in [-0.1, -0.05) is 69.9 Å². The molecule has 0 radical (unpaired) electrons. The van der Waals surface area contributed by atoms with Crippen LogP contribution in [-0.2, 0) is 5.60 Å². The molecule has 0 aliphatic heterocycles. The van der Waals surface area contributed by atoms with Crippen molar-refractivity contribution in [2.45, 2.75) is 58.0 Å². The van der Waals surface area contributed by atoms with Gasteiger partial charge in [0.15, 0.2) is 0 Å². The first-order valence-electron chi connectivity index (χ1n) is 8.06. The topological polar surface area (TPSA) is 40.5 Å². The van der Waals surface area contributed by atoms with Crippen molar-refractivity contribution in [3.63, 3.8) is 0 Å². The molecule has 0 aliphatic rings. The van der Waals surface area contributed by atoms with E-state index in [9.17, 15) is 10.2 Å². The number of phenols is 1. The molecule has 0 aliphatic carbocycles. The summed E-state index contributed by atoms with van der Waals surface area (Å²) in [6, 6.07) is 11.6. The summed E-state index contributed by atoms with van der Waals surface area (Å²) < 4.78 is 0. The molecular weight excluding hydrogens is 260 g/mol. The van der Waals surface area contributed by atoms with Gasteiger partial charge < -0.3 is 10.2 Å². The monoisotopic (exact) mass is 286 g/mol. The molecule has 114 valence electrons. The van der Waals surface area contributed by atoms with Gasteiger partial charge in [0.1, 0.15) is 5.75 Å². The van der Waals surface area contributed by atoms with Crippen molar-refractivity contribution in [1.29, 1.82) is 0 Å². The largest absolute Gasteiger partial charge is 0.508 e. The van der Waals surface area contributed by atoms with Gasteiger partial charge in [0.05, 0.1) is 5.60 Å². The smallest absolute Gasteiger partial charge is 0.122 e. The lowest BCUT2D eigenvalue weighted by molar-refractivity contribution is 0.0136. The van der Waals surface area contributed by atoms with E-state index in [-0.39, 0.29) is 5.75 Å². The summed E-state index contributed by atoms with van der Waals surface area (Å²) in [6.07, 6.45) is 5.40. The number of hydrogen-bond donors (Lipinski definition) is 2. The molecule has 2 nitrogen and oxygen atoms in total. The molecule has 2 N–H and O–H groups in total. The minimum Gasteiger partial charge on any atom is -0.508 e. The Hall–Kier alpha value is -1.54. The Morgan fingerprint density at radius 3 is 2.14 bits per heavy atom. The van der Waals surface area contributed by atoms with Gasteiger partial charge in [-0.3, -0.25) is 0 Å². The molecule has 21 heavy (non-hydrogen) atoms. The average Bonchev–Trinajstić information content (AvgIpc) is 2.50. The van der Waals surface area contributed by atoms with Crippen molar-refractivity contribution >= 4 is 10.8 Å². The number of phenolic OH excluding ortho intramolecular Hbond substituents is 1. The maximum absolute atomic E-state index is 11.3. The van der Waals surface area contributed by atoms with E-state index in [1.165, 1.54) is 0 Å². The lowest BCUT2D eigenvalue weighted by Gasteiger charge is -2.31. The first-order valence-corrected chi connectivity index (χ1v) is 8.06. The molecule has 0 spiro atoms. The zero-order chi connectivity index (χ0) is 15.3. The van der Waals surface area contributed by atoms with Crippen molar-refractivity contribution in [2.75, 3.05) is 0 Å². The highest BCUT2D eigenvalue weighted by Crippen LogP contribution is 2.41. The van der Waals surface area contributed by atoms with Gasteiger partial charge in [0.2, 0.25) is 0 Å². The maximum Gasteiger partial charge on any atom is 0.122 e. The predicted molar refractivity (Wildman–Crippen MR) is 88.6 cm³/mol. The molecule has 0 saturated carbocycles. The Morgan fingerprint density at radius 2 is 1.52 bits per heavy atom. The van der Waals surface area contributed by atoms with Crippen LogP contribution in [0.4, 0.5) is 0 Å². The Bertz CT molecular complexity index is 581. The number of benzene rings is 2. The Balaban J connectivity index is 2.55. The Kier molecular flexibility index (Phi) is 5.24. The van der Waals surface area contributed by atoms with Crippen LogP contribution in [0.3, 0.4) is 0 Å². The number of hydrogen-bond acceptors (Lipinski definition) is 2. The molecule has 0 fully saturated rings. The van der Waals surface area contributed by atoms with Crippen LogP contribution in [0.5, 0.6) is 5.75 Å². The van der Waals surface area contributed by atoms with E-state index in [1.807, 2.05) is 30.3 Å². The van der Waals surface area contributed by atoms with Crippen molar-refractivity contribution in [3.8, 4) is 5.75 Å². The van der Waals surface area contributed by atoms with Gasteiger partial charge in [-0.15, -0.1) is 0 Å². The first kappa shape index (κ1) is 15.8. The molecule has 0 heterocycles. The highest BCUT2D eigenvalue weighted by atomic mass is 16.3. The fraction of sp³-hybridized carbons (Fsp3) is 0.474. The summed E-state index contributed by atoms with van der Waals surface area (Å²) in [4.78, 5) is 0. The number of fused-ring (bicyclic) bond motifs is 1. The van der Waals surface area contributed by atoms with E-state index < -0.39 is 5.60 Å². The third kappa shape index (κ3) is 3.38. The zero-order valence-electron chi connectivity index (χ0n) is 13.1. The van der Waals surface area contributed by atoms with Crippen LogP contribution in [0.25, 0.3) is 10.8 Å². The van der Waals surface area contributed by atoms with Gasteiger partial charge in [0.25, 0.3) is 0 Å². The first-order chi connectivity index (χ1) is 10.1. The van der Waals surface area contributed by atoms with Crippen LogP contribution in [0.2, 0.25) is 0 Å². The molecule has 2 aromatic rings. The molecule has 2 aromatic carbocycles. The highest BCUT2D eigenvalue weighted by Gasteiger charge is 2.32. The summed E-state index contributed by atoms with van der Waals surface area (Å²) in [7, 11) is 0. The fourth-order valence-corrected chi connectivity index (χ4v) is 3.06. The van der Waals surface area contributed by atoms with Crippen molar-refractivity contribution in [3.05, 3.63) is 42.0 Å². The molecule has 0 unspecified atom stereocenters. The van der Waals surface area contributed by atoms with Crippen LogP contribution < -0.4 is 0 Å². The quantitative estimate of drug-likeness (QED) is 0.742. The predicted octanol–water partition coefficient (Wildman–Crippen LogP) is 5.11. The van der Waals surface area contributed by atoms with Gasteiger partial charge in [-0.25, -0.2) is 0 Å². The van der Waals surface area contributed by atoms with Crippen LogP contribution in [0, 0.1) is 0 Å². The summed E-state index contributed by atoms with van der Waals surface area (Å²) in [6.45, 7) is 4.26. The summed E-state index contributed by atoms with van der Waals surface area (Å²) in [5, 5.41) is 23.7. The van der Waals surface area contributed by atoms with Crippen LogP contribution >= 0.6 is 0 Å². The summed E-state index contributed by atoms with van der Waals surface area (Å²) in [5.74, 6) is 0.211. The minimum absolute atomic E-state index is 0.211. The van der Waals surface area contributed by atoms with Crippen LogP contribution in [0.1, 0.15) is 57.9 Å². The van der Waals surface area contributed by atoms with E-state index in [1.54, 1.807) is 6.07 Å². The lowest BCUT2D eigenvalue weighted by atomic mass is 9.81. The molecule has 2 rings (SSSR count). The Labute approximate surface area is 127 Å². The van der Waals surface area contributed by atoms with Crippen LogP contribution in [0.15, 0.2) is 36.4 Å². The van der Waals surface area contributed by atoms with E-state index in [4.69, 9.17) is 0 Å². The second-order valence-electron chi connectivity index (χ2n) is 5.92. The van der Waals surface area contributed by atoms with Gasteiger partial charge >= 0.3 is 0 Å². The Morgan fingerprint density at radius 1 is 0.905 bits per heavy atom. The normalized spacial score (nSPS) is 12.0. The second kappa shape index (κ2) is 6.95. The van der Waals surface area contributed by atoms with Crippen molar-refractivity contribution < 1.29 is 10.2 Å². The van der Waals surface area contributed by atoms with Gasteiger partial charge in [-0.05, 0) is 29.7 Å². The van der Waals surface area contributed by atoms with Crippen LogP contribution in [-0.4, -0.2) is 10.2 Å². The third-order valence-corrected chi connectivity index (χ3v) is 4.26. The van der Waals surface area contributed by atoms with E-state index in [0.717, 1.165) is 36.5 Å². The highest BCUT2D eigenvalue weighted by molar-refractivity contribution is 5.88. The number of rotatable bonds is 7. The van der Waals surface area contributed by atoms with E-state index >= 15 is 0 Å². The molecule has 0 amide bonds. The SMILES string of the molecule is CCCCC(O)(CCCC)c1c(O)ccc2ccccc12. The molecule has 0 bridgehead atoms. The van der Waals surface area contributed by atoms with Gasteiger partial charge in [0, 0.05) is 5.56 Å². The lowest BCUT2D eigenvalue weighted by Crippen LogP contribution is -2.26. The second-order valence-corrected chi connectivity index (χ2v) is 5.92. The summed E-state index contributed by atoms with van der Waals surface area (Å²) >= 11 is 0. The summed E-state index contributed by atoms with van der Waals surface area (Å²) in [5.41, 5.74) is -0.223. The maximum atomic E-state index is 11.3. The number of aliphatic hydroxyl groups is 1. The molecule has 0 saturated heterocycles. The molecule has 2 heteroatoms. The minimum atomic E-state index is -0.934. The average molecular weight is 286 g/mol. The number of unbranched alkanes of at least 4 members (excludes halogenated alkanes) is 2. The zero-order valence-corrected chi connectivity index (χ0v) is 13.1. The standard InChI is InChI=1S/C19H26O2/c1-3-5-13-19(21,14-6-4-2)18-16-10-8-7-9-15(16)11-12-17(18)20/h7-12,20-21H,3-6,13-14H2,1-2H3. The molecule has 0 aromatic heterocycles. The van der Waals surface area contributed by atoms with Crippen molar-refractivity contribution in [2.24, 2.45) is 0 Å². The molecule has 0 atom stereocenters. The van der Waals surface area contributed by atoms with E-state index in [0.29, 0.717) is 18.4 Å². The fourth-order valence-electron chi connectivity index (χ4n) is 3.06. The third-order valence-electron chi connectivity index (χ3n) is 4.26. The van der Waals surface area contributed by atoms with Gasteiger partial charge in [-0.2, -0.15) is 0 Å². The number of aromatic hydroxyl groups is 1.